The largest absolute Gasteiger partial charge is 0.508 e. The molecule has 0 fully saturated rings. The van der Waals surface area contributed by atoms with E-state index in [1.54, 1.807) is 30.3 Å². The van der Waals surface area contributed by atoms with Crippen molar-refractivity contribution in [1.29, 1.82) is 0 Å². The monoisotopic (exact) mass is 499 g/mol. The topological polar surface area (TPSA) is 95.9 Å². The standard InChI is InChI=1S/C19H19Br2NO5/c1-10(2)13-9-12(3-4-16(13)23)27-19-14(20)7-11(8-15(19)21)22-17(24)5-6-18(25)26/h3-4,7-10,23H,5-6H2,1-2H3,(H,22,24)(H,25,26). The molecule has 0 unspecified atom stereocenters. The number of amides is 1. The molecule has 0 aliphatic carbocycles. The fourth-order valence-electron chi connectivity index (χ4n) is 2.35. The number of rotatable bonds is 7. The Morgan fingerprint density at radius 1 is 1.11 bits per heavy atom. The van der Waals surface area contributed by atoms with E-state index in [-0.39, 0.29) is 30.4 Å². The van der Waals surface area contributed by atoms with Gasteiger partial charge in [0.25, 0.3) is 0 Å². The summed E-state index contributed by atoms with van der Waals surface area (Å²) >= 11 is 6.84. The van der Waals surface area contributed by atoms with E-state index in [9.17, 15) is 14.7 Å². The van der Waals surface area contributed by atoms with Gasteiger partial charge in [-0.25, -0.2) is 0 Å². The molecule has 0 heterocycles. The summed E-state index contributed by atoms with van der Waals surface area (Å²) in [6.45, 7) is 3.96. The average Bonchev–Trinajstić information content (AvgIpc) is 2.57. The van der Waals surface area contributed by atoms with Crippen LogP contribution in [0.15, 0.2) is 39.3 Å². The van der Waals surface area contributed by atoms with E-state index in [0.717, 1.165) is 5.56 Å². The molecule has 2 rings (SSSR count). The van der Waals surface area contributed by atoms with Crippen molar-refractivity contribution in [1.82, 2.24) is 0 Å². The van der Waals surface area contributed by atoms with Gasteiger partial charge in [0.05, 0.1) is 15.4 Å². The summed E-state index contributed by atoms with van der Waals surface area (Å²) in [5.74, 6) is 0.0321. The first-order valence-electron chi connectivity index (χ1n) is 8.18. The summed E-state index contributed by atoms with van der Waals surface area (Å²) in [6.07, 6.45) is -0.331. The van der Waals surface area contributed by atoms with Gasteiger partial charge >= 0.3 is 5.97 Å². The number of halogens is 2. The highest BCUT2D eigenvalue weighted by Crippen LogP contribution is 2.40. The van der Waals surface area contributed by atoms with E-state index in [1.165, 1.54) is 0 Å². The Morgan fingerprint density at radius 3 is 2.30 bits per heavy atom. The predicted octanol–water partition coefficient (Wildman–Crippen LogP) is 5.64. The van der Waals surface area contributed by atoms with Gasteiger partial charge < -0.3 is 20.3 Å². The van der Waals surface area contributed by atoms with Crippen molar-refractivity contribution >= 4 is 49.4 Å². The molecule has 0 spiro atoms. The Bertz CT molecular complexity index is 844. The molecule has 2 aromatic rings. The molecule has 0 saturated carbocycles. The molecule has 0 bridgehead atoms. The highest BCUT2D eigenvalue weighted by Gasteiger charge is 2.14. The molecule has 2 aromatic carbocycles. The van der Waals surface area contributed by atoms with E-state index >= 15 is 0 Å². The minimum atomic E-state index is -1.02. The molecular weight excluding hydrogens is 482 g/mol. The summed E-state index contributed by atoms with van der Waals surface area (Å²) < 4.78 is 7.13. The third kappa shape index (κ3) is 5.97. The molecule has 6 nitrogen and oxygen atoms in total. The lowest BCUT2D eigenvalue weighted by atomic mass is 10.0. The van der Waals surface area contributed by atoms with Gasteiger partial charge in [0.1, 0.15) is 11.5 Å². The van der Waals surface area contributed by atoms with Crippen LogP contribution < -0.4 is 10.1 Å². The Labute approximate surface area is 173 Å². The van der Waals surface area contributed by atoms with Crippen molar-refractivity contribution in [2.75, 3.05) is 5.32 Å². The van der Waals surface area contributed by atoms with E-state index in [1.807, 2.05) is 13.8 Å². The number of aromatic hydroxyl groups is 1. The summed E-state index contributed by atoms with van der Waals surface area (Å²) in [5, 5.41) is 21.2. The fourth-order valence-corrected chi connectivity index (χ4v) is 3.70. The lowest BCUT2D eigenvalue weighted by Gasteiger charge is -2.15. The molecule has 1 amide bonds. The summed E-state index contributed by atoms with van der Waals surface area (Å²) in [6, 6.07) is 8.37. The smallest absolute Gasteiger partial charge is 0.303 e. The molecular formula is C19H19Br2NO5. The zero-order valence-electron chi connectivity index (χ0n) is 14.8. The summed E-state index contributed by atoms with van der Waals surface area (Å²) in [5.41, 5.74) is 1.28. The lowest BCUT2D eigenvalue weighted by molar-refractivity contribution is -0.138. The predicted molar refractivity (Wildman–Crippen MR) is 110 cm³/mol. The Morgan fingerprint density at radius 2 is 1.74 bits per heavy atom. The maximum atomic E-state index is 11.8. The van der Waals surface area contributed by atoms with Crippen molar-refractivity contribution in [3.8, 4) is 17.2 Å². The first-order chi connectivity index (χ1) is 12.7. The zero-order valence-corrected chi connectivity index (χ0v) is 17.9. The van der Waals surface area contributed by atoms with Crippen LogP contribution in [0.3, 0.4) is 0 Å². The lowest BCUT2D eigenvalue weighted by Crippen LogP contribution is -2.13. The third-order valence-electron chi connectivity index (χ3n) is 3.69. The van der Waals surface area contributed by atoms with Gasteiger partial charge in [-0.2, -0.15) is 0 Å². The van der Waals surface area contributed by atoms with Gasteiger partial charge in [-0.05, 0) is 68.1 Å². The quantitative estimate of drug-likeness (QED) is 0.457. The summed E-state index contributed by atoms with van der Waals surface area (Å²) in [4.78, 5) is 22.3. The molecule has 0 saturated heterocycles. The van der Waals surface area contributed by atoms with Crippen molar-refractivity contribution < 1.29 is 24.5 Å². The molecule has 0 aliphatic rings. The van der Waals surface area contributed by atoms with Gasteiger partial charge in [0, 0.05) is 17.7 Å². The SMILES string of the molecule is CC(C)c1cc(Oc2c(Br)cc(NC(=O)CCC(=O)O)cc2Br)ccc1O. The zero-order chi connectivity index (χ0) is 20.1. The van der Waals surface area contributed by atoms with Crippen LogP contribution >= 0.6 is 31.9 Å². The molecule has 0 radical (unpaired) electrons. The Kier molecular flexibility index (Phi) is 7.26. The molecule has 0 atom stereocenters. The second-order valence-electron chi connectivity index (χ2n) is 6.19. The fraction of sp³-hybridized carbons (Fsp3) is 0.263. The Balaban J connectivity index is 2.19. The number of phenols is 1. The van der Waals surface area contributed by atoms with Crippen LogP contribution in [0.4, 0.5) is 5.69 Å². The van der Waals surface area contributed by atoms with Crippen LogP contribution in [0.25, 0.3) is 0 Å². The average molecular weight is 501 g/mol. The van der Waals surface area contributed by atoms with Crippen LogP contribution in [0.1, 0.15) is 38.2 Å². The first-order valence-corrected chi connectivity index (χ1v) is 9.77. The number of benzene rings is 2. The minimum absolute atomic E-state index is 0.103. The van der Waals surface area contributed by atoms with Crippen molar-refractivity contribution in [2.45, 2.75) is 32.6 Å². The maximum absolute atomic E-state index is 11.8. The number of phenolic OH excluding ortho intramolecular Hbond substituents is 1. The number of hydrogen-bond donors (Lipinski definition) is 3. The van der Waals surface area contributed by atoms with Crippen LogP contribution in [0, 0.1) is 0 Å². The van der Waals surface area contributed by atoms with E-state index in [0.29, 0.717) is 26.1 Å². The number of ether oxygens (including phenoxy) is 1. The number of anilines is 1. The van der Waals surface area contributed by atoms with Gasteiger partial charge in [-0.15, -0.1) is 0 Å². The number of carboxylic acid groups (broad SMARTS) is 1. The second-order valence-corrected chi connectivity index (χ2v) is 7.90. The highest BCUT2D eigenvalue weighted by atomic mass is 79.9. The number of carbonyl (C=O) groups excluding carboxylic acids is 1. The summed E-state index contributed by atoms with van der Waals surface area (Å²) in [7, 11) is 0. The first kappa shape index (κ1) is 21.2. The van der Waals surface area contributed by atoms with Crippen molar-refractivity contribution in [3.05, 3.63) is 44.8 Å². The van der Waals surface area contributed by atoms with Crippen LogP contribution in [0.2, 0.25) is 0 Å². The number of nitrogens with one attached hydrogen (secondary N) is 1. The molecule has 8 heteroatoms. The second kappa shape index (κ2) is 9.23. The molecule has 27 heavy (non-hydrogen) atoms. The van der Waals surface area contributed by atoms with E-state index < -0.39 is 5.97 Å². The number of carboxylic acids is 1. The molecule has 0 aliphatic heterocycles. The van der Waals surface area contributed by atoms with Crippen LogP contribution in [0.5, 0.6) is 17.2 Å². The molecule has 3 N–H and O–H groups in total. The van der Waals surface area contributed by atoms with Gasteiger partial charge in [-0.3, -0.25) is 9.59 Å². The number of aliphatic carboxylic acids is 1. The highest BCUT2D eigenvalue weighted by molar-refractivity contribution is 9.11. The number of carbonyl (C=O) groups is 2. The minimum Gasteiger partial charge on any atom is -0.508 e. The van der Waals surface area contributed by atoms with Crippen molar-refractivity contribution in [3.63, 3.8) is 0 Å². The van der Waals surface area contributed by atoms with Gasteiger partial charge in [0.2, 0.25) is 5.91 Å². The van der Waals surface area contributed by atoms with Crippen molar-refractivity contribution in [2.24, 2.45) is 0 Å². The van der Waals surface area contributed by atoms with Crippen LogP contribution in [-0.4, -0.2) is 22.1 Å². The molecule has 0 aromatic heterocycles. The van der Waals surface area contributed by atoms with Gasteiger partial charge in [-0.1, -0.05) is 13.8 Å². The van der Waals surface area contributed by atoms with Crippen LogP contribution in [-0.2, 0) is 9.59 Å². The van der Waals surface area contributed by atoms with E-state index in [4.69, 9.17) is 9.84 Å². The third-order valence-corrected chi connectivity index (χ3v) is 4.87. The van der Waals surface area contributed by atoms with E-state index in [2.05, 4.69) is 37.2 Å². The Hall–Kier alpha value is -2.06. The maximum Gasteiger partial charge on any atom is 0.303 e. The normalized spacial score (nSPS) is 10.7. The number of hydrogen-bond acceptors (Lipinski definition) is 4. The van der Waals surface area contributed by atoms with Gasteiger partial charge in [0.15, 0.2) is 5.75 Å². The molecule has 144 valence electrons.